The van der Waals surface area contributed by atoms with Gasteiger partial charge in [-0.2, -0.15) is 10.1 Å². The fraction of sp³-hybridized carbons (Fsp3) is 0.0714. The number of carbonyl (C=O) groups excluding carboxylic acids is 1. The number of pyridine rings is 1. The molecule has 10 heteroatoms. The molecular weight excluding hydrogens is 385 g/mol. The van der Waals surface area contributed by atoms with Crippen LogP contribution in [-0.2, 0) is 0 Å². The Labute approximate surface area is 150 Å². The summed E-state index contributed by atoms with van der Waals surface area (Å²) in [6.07, 6.45) is 0. The number of amides is 1. The molecule has 0 saturated heterocycles. The standard InChI is InChI=1S/C14H9Cl3F2N4O/c1-5(7-3-2-6(18)4-8(7)19)22-23-14(24)12-9(15)11(20)10(16)13(17)21-12/h2-4H,1H3,(H2,20,21)(H,23,24)/p+1/b22-5-. The van der Waals surface area contributed by atoms with Crippen LogP contribution in [0.1, 0.15) is 23.0 Å². The van der Waals surface area contributed by atoms with E-state index in [9.17, 15) is 13.6 Å². The van der Waals surface area contributed by atoms with Gasteiger partial charge in [-0.1, -0.05) is 23.2 Å². The van der Waals surface area contributed by atoms with Gasteiger partial charge in [-0.25, -0.2) is 14.2 Å². The summed E-state index contributed by atoms with van der Waals surface area (Å²) in [6.45, 7) is 1.44. The summed E-state index contributed by atoms with van der Waals surface area (Å²) < 4.78 is 26.5. The van der Waals surface area contributed by atoms with Crippen LogP contribution in [0.2, 0.25) is 15.2 Å². The van der Waals surface area contributed by atoms with E-state index in [1.54, 1.807) is 0 Å². The summed E-state index contributed by atoms with van der Waals surface area (Å²) in [4.78, 5) is 14.6. The Morgan fingerprint density at radius 3 is 2.54 bits per heavy atom. The van der Waals surface area contributed by atoms with Crippen LogP contribution in [-0.4, -0.2) is 11.6 Å². The minimum absolute atomic E-state index is 0.0220. The van der Waals surface area contributed by atoms with Crippen molar-refractivity contribution in [2.45, 2.75) is 6.92 Å². The number of anilines is 1. The van der Waals surface area contributed by atoms with Crippen LogP contribution in [0.3, 0.4) is 0 Å². The minimum Gasteiger partial charge on any atom is -0.396 e. The molecule has 0 fully saturated rings. The van der Waals surface area contributed by atoms with Crippen LogP contribution < -0.4 is 16.1 Å². The molecule has 0 unspecified atom stereocenters. The second-order valence-corrected chi connectivity index (χ2v) is 5.75. The summed E-state index contributed by atoms with van der Waals surface area (Å²) >= 11 is 17.5. The van der Waals surface area contributed by atoms with Crippen LogP contribution in [0.5, 0.6) is 0 Å². The molecule has 0 aliphatic heterocycles. The number of benzene rings is 1. The van der Waals surface area contributed by atoms with E-state index in [4.69, 9.17) is 40.5 Å². The zero-order chi connectivity index (χ0) is 18.0. The minimum atomic E-state index is -0.811. The van der Waals surface area contributed by atoms with Crippen molar-refractivity contribution in [2.24, 2.45) is 5.10 Å². The Morgan fingerprint density at radius 1 is 1.25 bits per heavy atom. The van der Waals surface area contributed by atoms with Gasteiger partial charge in [0.25, 0.3) is 10.8 Å². The number of halogens is 5. The first-order chi connectivity index (χ1) is 11.2. The SMILES string of the molecule is C/C(=N/NC(=O)c1[nH+]c(Cl)c(Cl)c(N)c1Cl)c1ccc(F)cc1F. The van der Waals surface area contributed by atoms with Gasteiger partial charge in [0, 0.05) is 11.6 Å². The normalized spacial score (nSPS) is 11.5. The van der Waals surface area contributed by atoms with Gasteiger partial charge >= 0.3 is 5.91 Å². The number of nitrogens with two attached hydrogens (primary N) is 1. The molecule has 0 aliphatic carbocycles. The van der Waals surface area contributed by atoms with E-state index < -0.39 is 17.5 Å². The molecular formula is C14H10Cl3F2N4O+. The average molecular weight is 395 g/mol. The quantitative estimate of drug-likeness (QED) is 0.475. The first kappa shape index (κ1) is 18.4. The molecule has 1 aromatic carbocycles. The summed E-state index contributed by atoms with van der Waals surface area (Å²) in [6, 6.07) is 2.98. The summed E-state index contributed by atoms with van der Waals surface area (Å²) in [5.41, 5.74) is 7.71. The lowest BCUT2D eigenvalue weighted by atomic mass is 10.1. The fourth-order valence-corrected chi connectivity index (χ4v) is 2.37. The third kappa shape index (κ3) is 3.75. The highest BCUT2D eigenvalue weighted by molar-refractivity contribution is 6.45. The highest BCUT2D eigenvalue weighted by Gasteiger charge is 2.26. The number of nitrogens with zero attached hydrogens (tertiary/aromatic N) is 1. The molecule has 0 bridgehead atoms. The third-order valence-electron chi connectivity index (χ3n) is 2.99. The molecule has 4 N–H and O–H groups in total. The summed E-state index contributed by atoms with van der Waals surface area (Å²) in [7, 11) is 0. The zero-order valence-corrected chi connectivity index (χ0v) is 14.3. The number of carbonyl (C=O) groups is 1. The Bertz CT molecular complexity index is 858. The van der Waals surface area contributed by atoms with Crippen molar-refractivity contribution in [3.05, 3.63) is 56.3 Å². The number of nitrogen functional groups attached to an aromatic ring is 1. The van der Waals surface area contributed by atoms with Gasteiger partial charge in [0.05, 0.1) is 11.4 Å². The molecule has 1 heterocycles. The summed E-state index contributed by atoms with van der Waals surface area (Å²) in [5, 5.41) is 3.51. The van der Waals surface area contributed by atoms with Gasteiger partial charge in [0.1, 0.15) is 21.7 Å². The highest BCUT2D eigenvalue weighted by Crippen LogP contribution is 2.31. The van der Waals surface area contributed by atoms with Crippen molar-refractivity contribution in [1.29, 1.82) is 0 Å². The number of H-pyrrole nitrogens is 1. The first-order valence-electron chi connectivity index (χ1n) is 6.37. The van der Waals surface area contributed by atoms with Crippen molar-refractivity contribution >= 4 is 52.1 Å². The second kappa shape index (κ2) is 7.29. The van der Waals surface area contributed by atoms with Crippen molar-refractivity contribution in [1.82, 2.24) is 5.43 Å². The molecule has 2 aromatic rings. The van der Waals surface area contributed by atoms with E-state index in [0.717, 1.165) is 6.07 Å². The molecule has 0 radical (unpaired) electrons. The Hall–Kier alpha value is -1.96. The number of hydrazone groups is 1. The maximum atomic E-state index is 13.7. The number of hydrogen-bond donors (Lipinski definition) is 2. The van der Waals surface area contributed by atoms with E-state index >= 15 is 0 Å². The van der Waals surface area contributed by atoms with E-state index in [-0.39, 0.29) is 37.9 Å². The van der Waals surface area contributed by atoms with Gasteiger partial charge in [-0.3, -0.25) is 4.79 Å². The van der Waals surface area contributed by atoms with E-state index in [1.165, 1.54) is 13.0 Å². The molecule has 5 nitrogen and oxygen atoms in total. The number of aromatic amines is 1. The molecule has 24 heavy (non-hydrogen) atoms. The van der Waals surface area contributed by atoms with Crippen molar-refractivity contribution < 1.29 is 18.6 Å². The maximum Gasteiger partial charge on any atom is 0.337 e. The van der Waals surface area contributed by atoms with Crippen LogP contribution in [0.15, 0.2) is 23.3 Å². The Balaban J connectivity index is 2.27. The van der Waals surface area contributed by atoms with E-state index in [2.05, 4.69) is 15.5 Å². The number of hydrogen-bond acceptors (Lipinski definition) is 3. The first-order valence-corrected chi connectivity index (χ1v) is 7.51. The Morgan fingerprint density at radius 2 is 1.92 bits per heavy atom. The molecule has 0 saturated carbocycles. The van der Waals surface area contributed by atoms with Crippen molar-refractivity contribution in [2.75, 3.05) is 5.73 Å². The second-order valence-electron chi connectivity index (χ2n) is 4.62. The maximum absolute atomic E-state index is 13.7. The number of nitrogens with one attached hydrogen (secondary N) is 2. The van der Waals surface area contributed by atoms with Crippen molar-refractivity contribution in [3.8, 4) is 0 Å². The van der Waals surface area contributed by atoms with Gasteiger partial charge in [-0.15, -0.1) is 0 Å². The molecule has 1 aromatic heterocycles. The third-order valence-corrected chi connectivity index (χ3v) is 4.16. The predicted molar refractivity (Wildman–Crippen MR) is 88.5 cm³/mol. The van der Waals surface area contributed by atoms with E-state index in [0.29, 0.717) is 6.07 Å². The molecule has 126 valence electrons. The lowest BCUT2D eigenvalue weighted by molar-refractivity contribution is -0.379. The zero-order valence-electron chi connectivity index (χ0n) is 12.1. The molecule has 0 spiro atoms. The van der Waals surface area contributed by atoms with Crippen LogP contribution in [0.4, 0.5) is 14.5 Å². The molecule has 2 rings (SSSR count). The Kier molecular flexibility index (Phi) is 5.58. The van der Waals surface area contributed by atoms with Crippen molar-refractivity contribution in [3.63, 3.8) is 0 Å². The molecule has 0 atom stereocenters. The largest absolute Gasteiger partial charge is 0.396 e. The lowest BCUT2D eigenvalue weighted by Crippen LogP contribution is -2.29. The number of aromatic nitrogens is 1. The fourth-order valence-electron chi connectivity index (χ4n) is 1.76. The van der Waals surface area contributed by atoms with Gasteiger partial charge < -0.3 is 5.73 Å². The summed E-state index contributed by atoms with van der Waals surface area (Å²) in [5.74, 6) is -2.30. The predicted octanol–water partition coefficient (Wildman–Crippen LogP) is 3.48. The van der Waals surface area contributed by atoms with Gasteiger partial charge in [-0.05, 0) is 30.7 Å². The van der Waals surface area contributed by atoms with Gasteiger partial charge in [0.15, 0.2) is 0 Å². The van der Waals surface area contributed by atoms with Crippen LogP contribution in [0.25, 0.3) is 0 Å². The van der Waals surface area contributed by atoms with Gasteiger partial charge in [0.2, 0.25) is 0 Å². The topological polar surface area (TPSA) is 81.6 Å². The highest BCUT2D eigenvalue weighted by atomic mass is 35.5. The molecule has 1 amide bonds. The van der Waals surface area contributed by atoms with Crippen LogP contribution >= 0.6 is 34.8 Å². The molecule has 0 aliphatic rings. The average Bonchev–Trinajstić information content (AvgIpc) is 2.53. The number of rotatable bonds is 3. The van der Waals surface area contributed by atoms with Crippen LogP contribution in [0, 0.1) is 11.6 Å². The van der Waals surface area contributed by atoms with E-state index in [1.807, 2.05) is 0 Å². The lowest BCUT2D eigenvalue weighted by Gasteiger charge is -2.05. The monoisotopic (exact) mass is 393 g/mol. The smallest absolute Gasteiger partial charge is 0.337 e.